The third-order valence-electron chi connectivity index (χ3n) is 6.29. The normalized spacial score (nSPS) is 15.7. The number of hydrogen-bond acceptors (Lipinski definition) is 7. The van der Waals surface area contributed by atoms with Crippen LogP contribution < -0.4 is 5.32 Å². The first-order valence-corrected chi connectivity index (χ1v) is 13.8. The molecule has 1 fully saturated rings. The highest BCUT2D eigenvalue weighted by Crippen LogP contribution is 2.31. The van der Waals surface area contributed by atoms with Crippen LogP contribution in [0, 0.1) is 19.8 Å². The van der Waals surface area contributed by atoms with Crippen LogP contribution in [0.3, 0.4) is 0 Å². The van der Waals surface area contributed by atoms with Crippen molar-refractivity contribution >= 4 is 49.0 Å². The van der Waals surface area contributed by atoms with E-state index in [1.54, 1.807) is 24.6 Å². The minimum Gasteiger partial charge on any atom is -0.370 e. The van der Waals surface area contributed by atoms with Crippen LogP contribution in [-0.2, 0) is 10.0 Å². The van der Waals surface area contributed by atoms with E-state index in [-0.39, 0.29) is 4.90 Å². The lowest BCUT2D eigenvalue weighted by Crippen LogP contribution is -2.40. The van der Waals surface area contributed by atoms with Gasteiger partial charge in [0.15, 0.2) is 11.4 Å². The number of fused-ring (bicyclic) bond motifs is 1. The van der Waals surface area contributed by atoms with E-state index in [4.69, 9.17) is 21.1 Å². The smallest absolute Gasteiger partial charge is 0.248 e. The molecule has 1 aliphatic heterocycles. The quantitative estimate of drug-likeness (QED) is 0.345. The highest BCUT2D eigenvalue weighted by molar-refractivity contribution is 9.10. The van der Waals surface area contributed by atoms with Crippen molar-refractivity contribution in [2.45, 2.75) is 31.6 Å². The van der Waals surface area contributed by atoms with Gasteiger partial charge in [-0.2, -0.15) is 13.9 Å². The number of piperidine rings is 1. The first-order valence-electron chi connectivity index (χ1n) is 11.2. The molecular weight excluding hydrogens is 556 g/mol. The Hall–Kier alpha value is -2.47. The van der Waals surface area contributed by atoms with Gasteiger partial charge in [0.2, 0.25) is 10.0 Å². The Morgan fingerprint density at radius 2 is 1.97 bits per heavy atom. The number of rotatable bonds is 6. The Morgan fingerprint density at radius 3 is 2.66 bits per heavy atom. The minimum absolute atomic E-state index is 0.185. The molecule has 0 saturated carbocycles. The van der Waals surface area contributed by atoms with Gasteiger partial charge >= 0.3 is 0 Å². The first-order chi connectivity index (χ1) is 16.8. The Bertz CT molecular complexity index is 1470. The predicted octanol–water partition coefficient (Wildman–Crippen LogP) is 4.93. The molecule has 5 rings (SSSR count). The van der Waals surface area contributed by atoms with Crippen LogP contribution in [-0.4, -0.2) is 52.1 Å². The molecular formula is C23H24BrClN6O3S. The molecule has 0 unspecified atom stereocenters. The molecule has 0 amide bonds. The van der Waals surface area contributed by atoms with Crippen molar-refractivity contribution in [3.63, 3.8) is 0 Å². The van der Waals surface area contributed by atoms with E-state index in [0.29, 0.717) is 47.7 Å². The molecule has 12 heteroatoms. The fraction of sp³-hybridized carbons (Fsp3) is 0.348. The number of aromatic nitrogens is 4. The van der Waals surface area contributed by atoms with Crippen molar-refractivity contribution < 1.29 is 12.9 Å². The maximum Gasteiger partial charge on any atom is 0.248 e. The fourth-order valence-electron chi connectivity index (χ4n) is 4.44. The summed E-state index contributed by atoms with van der Waals surface area (Å²) in [6.45, 7) is 4.85. The van der Waals surface area contributed by atoms with E-state index in [1.165, 1.54) is 4.31 Å². The molecule has 0 bridgehead atoms. The molecule has 4 aromatic rings. The number of sulfonamides is 1. The molecule has 1 aromatic carbocycles. The van der Waals surface area contributed by atoms with Crippen LogP contribution in [0.25, 0.3) is 16.9 Å². The van der Waals surface area contributed by atoms with Crippen LogP contribution in [0.1, 0.15) is 24.3 Å². The van der Waals surface area contributed by atoms with Gasteiger partial charge in [0, 0.05) is 36.3 Å². The topological polar surface area (TPSA) is 106 Å². The maximum absolute atomic E-state index is 13.1. The Balaban J connectivity index is 1.31. The van der Waals surface area contributed by atoms with Gasteiger partial charge in [-0.25, -0.2) is 13.4 Å². The molecule has 1 N–H and O–H groups in total. The van der Waals surface area contributed by atoms with Crippen LogP contribution in [0.5, 0.6) is 0 Å². The molecule has 3 aromatic heterocycles. The lowest BCUT2D eigenvalue weighted by atomic mass is 9.98. The zero-order chi connectivity index (χ0) is 24.7. The summed E-state index contributed by atoms with van der Waals surface area (Å²) < 4.78 is 35.3. The lowest BCUT2D eigenvalue weighted by molar-refractivity contribution is 0.281. The Kier molecular flexibility index (Phi) is 6.60. The van der Waals surface area contributed by atoms with E-state index in [9.17, 15) is 8.42 Å². The van der Waals surface area contributed by atoms with Crippen molar-refractivity contribution in [2.24, 2.45) is 5.92 Å². The number of nitrogens with one attached hydrogen (secondary N) is 1. The third-order valence-corrected chi connectivity index (χ3v) is 9.32. The number of hydrogen-bond donors (Lipinski definition) is 1. The molecule has 184 valence electrons. The second-order valence-corrected chi connectivity index (χ2v) is 11.8. The van der Waals surface area contributed by atoms with E-state index < -0.39 is 10.0 Å². The molecule has 0 radical (unpaired) electrons. The standard InChI is InChI=1S/C23H24BrClN6O3S/c1-14-22(15(2)34-29-14)35(32,33)30-9-7-16(8-10-30)12-26-21-11-20(17-5-3-4-6-19(17)25)28-23-18(24)13-27-31(21)23/h3-6,11,13,16,26H,7-10,12H2,1-2H3. The number of benzene rings is 1. The van der Waals surface area contributed by atoms with E-state index in [0.717, 1.165) is 34.4 Å². The molecule has 1 saturated heterocycles. The summed E-state index contributed by atoms with van der Waals surface area (Å²) in [6, 6.07) is 9.52. The van der Waals surface area contributed by atoms with Gasteiger partial charge in [0.05, 0.1) is 16.4 Å². The average molecular weight is 580 g/mol. The lowest BCUT2D eigenvalue weighted by Gasteiger charge is -2.31. The van der Waals surface area contributed by atoms with Crippen molar-refractivity contribution in [3.05, 3.63) is 57.5 Å². The predicted molar refractivity (Wildman–Crippen MR) is 137 cm³/mol. The molecule has 1 aliphatic rings. The van der Waals surface area contributed by atoms with Crippen LogP contribution in [0.2, 0.25) is 5.02 Å². The summed E-state index contributed by atoms with van der Waals surface area (Å²) in [5.74, 6) is 1.42. The molecule has 9 nitrogen and oxygen atoms in total. The SMILES string of the molecule is Cc1noc(C)c1S(=O)(=O)N1CCC(CNc2cc(-c3ccccc3Cl)nc3c(Br)cnn23)CC1. The van der Waals surface area contributed by atoms with Gasteiger partial charge in [-0.05, 0) is 54.6 Å². The molecule has 0 aliphatic carbocycles. The molecule has 0 atom stereocenters. The van der Waals surface area contributed by atoms with Gasteiger partial charge in [-0.1, -0.05) is 35.0 Å². The highest BCUT2D eigenvalue weighted by Gasteiger charge is 2.33. The second kappa shape index (κ2) is 9.53. The van der Waals surface area contributed by atoms with Gasteiger partial charge in [-0.3, -0.25) is 0 Å². The van der Waals surface area contributed by atoms with Crippen molar-refractivity contribution in [2.75, 3.05) is 25.0 Å². The number of anilines is 1. The Labute approximate surface area is 216 Å². The number of nitrogens with zero attached hydrogens (tertiary/aromatic N) is 5. The summed E-state index contributed by atoms with van der Waals surface area (Å²) in [5.41, 5.74) is 2.66. The molecule has 35 heavy (non-hydrogen) atoms. The molecule has 4 heterocycles. The summed E-state index contributed by atoms with van der Waals surface area (Å²) >= 11 is 9.95. The van der Waals surface area contributed by atoms with Gasteiger partial charge < -0.3 is 9.84 Å². The minimum atomic E-state index is -3.62. The van der Waals surface area contributed by atoms with Crippen molar-refractivity contribution in [3.8, 4) is 11.3 Å². The highest BCUT2D eigenvalue weighted by atomic mass is 79.9. The fourth-order valence-corrected chi connectivity index (χ4v) is 6.79. The molecule has 0 spiro atoms. The van der Waals surface area contributed by atoms with Gasteiger partial charge in [-0.15, -0.1) is 0 Å². The summed E-state index contributed by atoms with van der Waals surface area (Å²) in [4.78, 5) is 4.92. The summed E-state index contributed by atoms with van der Waals surface area (Å²) in [5, 5.41) is 12.4. The summed E-state index contributed by atoms with van der Waals surface area (Å²) in [7, 11) is -3.62. The van der Waals surface area contributed by atoms with E-state index in [2.05, 4.69) is 31.5 Å². The van der Waals surface area contributed by atoms with Crippen LogP contribution >= 0.6 is 27.5 Å². The Morgan fingerprint density at radius 1 is 1.23 bits per heavy atom. The largest absolute Gasteiger partial charge is 0.370 e. The van der Waals surface area contributed by atoms with Crippen LogP contribution in [0.15, 0.2) is 50.4 Å². The van der Waals surface area contributed by atoms with Gasteiger partial charge in [0.25, 0.3) is 0 Å². The average Bonchev–Trinajstić information content (AvgIpc) is 3.39. The van der Waals surface area contributed by atoms with Crippen molar-refractivity contribution in [1.82, 2.24) is 24.1 Å². The first kappa shape index (κ1) is 24.2. The summed E-state index contributed by atoms with van der Waals surface area (Å²) in [6.07, 6.45) is 3.19. The van der Waals surface area contributed by atoms with E-state index >= 15 is 0 Å². The number of halogens is 2. The van der Waals surface area contributed by atoms with E-state index in [1.807, 2.05) is 30.3 Å². The second-order valence-electron chi connectivity index (χ2n) is 8.62. The monoisotopic (exact) mass is 578 g/mol. The zero-order valence-corrected chi connectivity index (χ0v) is 22.4. The third kappa shape index (κ3) is 4.57. The number of aryl methyl sites for hydroxylation is 2. The maximum atomic E-state index is 13.1. The zero-order valence-electron chi connectivity index (χ0n) is 19.2. The van der Waals surface area contributed by atoms with Gasteiger partial charge in [0.1, 0.15) is 16.4 Å². The van der Waals surface area contributed by atoms with Crippen LogP contribution in [0.4, 0.5) is 5.82 Å². The van der Waals surface area contributed by atoms with Crippen molar-refractivity contribution in [1.29, 1.82) is 0 Å².